The van der Waals surface area contributed by atoms with Crippen LogP contribution in [0.3, 0.4) is 0 Å². The van der Waals surface area contributed by atoms with Gasteiger partial charge in [0.2, 0.25) is 0 Å². The maximum Gasteiger partial charge on any atom is 0.0583 e. The van der Waals surface area contributed by atoms with Crippen molar-refractivity contribution in [2.45, 2.75) is 103 Å². The molecule has 1 N–H and O–H groups in total. The average Bonchev–Trinajstić information content (AvgIpc) is 3.10. The van der Waals surface area contributed by atoms with Crippen molar-refractivity contribution >= 4 is 0 Å². The van der Waals surface area contributed by atoms with Crippen LogP contribution >= 0.6 is 0 Å². The number of unbranched alkanes of at least 4 members (excludes halogenated alkanes) is 7. The number of hydrogen-bond donors (Lipinski definition) is 1. The van der Waals surface area contributed by atoms with Crippen LogP contribution in [0, 0.1) is 5.92 Å². The number of aliphatic hydroxyl groups is 1. The quantitative estimate of drug-likeness (QED) is 0.588. The molecule has 2 nitrogen and oxygen atoms in total. The molecular weight excluding hydrogens is 258 g/mol. The van der Waals surface area contributed by atoms with Gasteiger partial charge in [0.15, 0.2) is 0 Å². The molecule has 0 radical (unpaired) electrons. The Morgan fingerprint density at radius 3 is 2.24 bits per heavy atom. The Labute approximate surface area is 132 Å². The van der Waals surface area contributed by atoms with Crippen molar-refractivity contribution in [3.63, 3.8) is 0 Å². The van der Waals surface area contributed by atoms with Gasteiger partial charge in [-0.1, -0.05) is 58.3 Å². The molecule has 0 bridgehead atoms. The highest BCUT2D eigenvalue weighted by Crippen LogP contribution is 2.35. The number of rotatable bonds is 10. The minimum Gasteiger partial charge on any atom is -0.393 e. The van der Waals surface area contributed by atoms with E-state index in [1.807, 2.05) is 0 Å². The lowest BCUT2D eigenvalue weighted by atomic mass is 9.94. The monoisotopic (exact) mass is 295 g/mol. The average molecular weight is 296 g/mol. The van der Waals surface area contributed by atoms with Gasteiger partial charge in [-0.05, 0) is 45.2 Å². The zero-order valence-electron chi connectivity index (χ0n) is 14.2. The molecule has 0 aromatic rings. The molecule has 3 unspecified atom stereocenters. The molecule has 2 heteroatoms. The summed E-state index contributed by atoms with van der Waals surface area (Å²) in [5.41, 5.74) is 0. The Morgan fingerprint density at radius 1 is 0.857 bits per heavy atom. The van der Waals surface area contributed by atoms with Gasteiger partial charge in [0, 0.05) is 12.0 Å². The molecule has 1 aliphatic heterocycles. The molecular formula is C19H37NO. The highest BCUT2D eigenvalue weighted by Gasteiger charge is 2.37. The van der Waals surface area contributed by atoms with E-state index in [1.165, 1.54) is 90.1 Å². The third-order valence-corrected chi connectivity index (χ3v) is 5.74. The van der Waals surface area contributed by atoms with E-state index < -0.39 is 0 Å². The highest BCUT2D eigenvalue weighted by atomic mass is 16.3. The van der Waals surface area contributed by atoms with Gasteiger partial charge in [0.25, 0.3) is 0 Å². The second-order valence-electron chi connectivity index (χ2n) is 7.38. The Bertz CT molecular complexity index is 268. The third kappa shape index (κ3) is 5.56. The maximum atomic E-state index is 10.2. The van der Waals surface area contributed by atoms with Gasteiger partial charge in [-0.25, -0.2) is 0 Å². The number of aliphatic hydroxyl groups excluding tert-OH is 1. The van der Waals surface area contributed by atoms with Gasteiger partial charge >= 0.3 is 0 Å². The SMILES string of the molecule is CCCCCCCCCCN1CCCC1C1CCCC1O. The molecule has 0 aromatic heterocycles. The number of nitrogens with zero attached hydrogens (tertiary/aromatic N) is 1. The predicted molar refractivity (Wildman–Crippen MR) is 90.6 cm³/mol. The number of hydrogen-bond acceptors (Lipinski definition) is 2. The topological polar surface area (TPSA) is 23.5 Å². The van der Waals surface area contributed by atoms with Crippen molar-refractivity contribution in [3.05, 3.63) is 0 Å². The van der Waals surface area contributed by atoms with Crippen LogP contribution < -0.4 is 0 Å². The summed E-state index contributed by atoms with van der Waals surface area (Å²) in [5, 5.41) is 10.2. The zero-order valence-corrected chi connectivity index (χ0v) is 14.2. The smallest absolute Gasteiger partial charge is 0.0583 e. The van der Waals surface area contributed by atoms with Crippen molar-refractivity contribution < 1.29 is 5.11 Å². The molecule has 1 aliphatic carbocycles. The minimum absolute atomic E-state index is 0.00540. The van der Waals surface area contributed by atoms with E-state index in [0.29, 0.717) is 12.0 Å². The maximum absolute atomic E-state index is 10.2. The molecule has 21 heavy (non-hydrogen) atoms. The van der Waals surface area contributed by atoms with E-state index in [9.17, 15) is 5.11 Å². The van der Waals surface area contributed by atoms with Crippen LogP contribution in [0.5, 0.6) is 0 Å². The largest absolute Gasteiger partial charge is 0.393 e. The predicted octanol–water partition coefficient (Wildman–Crippen LogP) is 4.75. The molecule has 1 heterocycles. The van der Waals surface area contributed by atoms with Crippen molar-refractivity contribution in [2.75, 3.05) is 13.1 Å². The van der Waals surface area contributed by atoms with E-state index in [1.54, 1.807) is 0 Å². The van der Waals surface area contributed by atoms with E-state index in [4.69, 9.17) is 0 Å². The second kappa shape index (κ2) is 9.84. The van der Waals surface area contributed by atoms with Crippen LogP contribution in [0.15, 0.2) is 0 Å². The fraction of sp³-hybridized carbons (Fsp3) is 1.00. The van der Waals surface area contributed by atoms with Crippen molar-refractivity contribution in [1.82, 2.24) is 4.90 Å². The van der Waals surface area contributed by atoms with E-state index in [2.05, 4.69) is 11.8 Å². The molecule has 2 rings (SSSR count). The van der Waals surface area contributed by atoms with E-state index in [-0.39, 0.29) is 6.10 Å². The molecule has 1 saturated heterocycles. The first-order chi connectivity index (χ1) is 10.3. The Hall–Kier alpha value is -0.0800. The lowest BCUT2D eigenvalue weighted by Gasteiger charge is -2.31. The van der Waals surface area contributed by atoms with Crippen LogP contribution in [0.4, 0.5) is 0 Å². The first-order valence-electron chi connectivity index (χ1n) is 9.75. The van der Waals surface area contributed by atoms with E-state index in [0.717, 1.165) is 6.42 Å². The molecule has 3 atom stereocenters. The zero-order chi connectivity index (χ0) is 14.9. The van der Waals surface area contributed by atoms with Crippen molar-refractivity contribution in [3.8, 4) is 0 Å². The molecule has 0 amide bonds. The van der Waals surface area contributed by atoms with Crippen LogP contribution in [0.25, 0.3) is 0 Å². The lowest BCUT2D eigenvalue weighted by molar-refractivity contribution is 0.0740. The normalized spacial score (nSPS) is 30.3. The van der Waals surface area contributed by atoms with Crippen molar-refractivity contribution in [1.29, 1.82) is 0 Å². The summed E-state index contributed by atoms with van der Waals surface area (Å²) in [7, 11) is 0. The Balaban J connectivity index is 1.55. The first-order valence-corrected chi connectivity index (χ1v) is 9.75. The van der Waals surface area contributed by atoms with E-state index >= 15 is 0 Å². The molecule has 0 aromatic carbocycles. The molecule has 124 valence electrons. The number of likely N-dealkylation sites (tertiary alicyclic amines) is 1. The fourth-order valence-corrected chi connectivity index (χ4v) is 4.48. The van der Waals surface area contributed by atoms with Crippen molar-refractivity contribution in [2.24, 2.45) is 5.92 Å². The molecule has 2 fully saturated rings. The van der Waals surface area contributed by atoms with Gasteiger partial charge in [0.05, 0.1) is 6.10 Å². The second-order valence-corrected chi connectivity index (χ2v) is 7.38. The Kier molecular flexibility index (Phi) is 8.10. The summed E-state index contributed by atoms with van der Waals surface area (Å²) in [5.74, 6) is 0.585. The van der Waals surface area contributed by atoms with Crippen LogP contribution in [0.1, 0.15) is 90.4 Å². The minimum atomic E-state index is -0.00540. The standard InChI is InChI=1S/C19H37NO/c1-2-3-4-5-6-7-8-9-15-20-16-11-13-18(20)17-12-10-14-19(17)21/h17-19,21H,2-16H2,1H3. The third-order valence-electron chi connectivity index (χ3n) is 5.74. The fourth-order valence-electron chi connectivity index (χ4n) is 4.48. The van der Waals surface area contributed by atoms with Crippen LogP contribution in [-0.2, 0) is 0 Å². The van der Waals surface area contributed by atoms with Gasteiger partial charge in [-0.15, -0.1) is 0 Å². The first kappa shape index (κ1) is 17.3. The summed E-state index contributed by atoms with van der Waals surface area (Å²) in [6.45, 7) is 4.85. The molecule has 0 spiro atoms. The molecule has 1 saturated carbocycles. The summed E-state index contributed by atoms with van der Waals surface area (Å²) < 4.78 is 0. The highest BCUT2D eigenvalue weighted by molar-refractivity contribution is 4.91. The summed E-state index contributed by atoms with van der Waals surface area (Å²) in [6, 6.07) is 0.701. The molecule has 2 aliphatic rings. The lowest BCUT2D eigenvalue weighted by Crippen LogP contribution is -2.39. The van der Waals surface area contributed by atoms with Gasteiger partial charge in [0.1, 0.15) is 0 Å². The van der Waals surface area contributed by atoms with Gasteiger partial charge in [-0.2, -0.15) is 0 Å². The summed E-state index contributed by atoms with van der Waals surface area (Å²) in [6.07, 6.45) is 17.5. The Morgan fingerprint density at radius 2 is 1.57 bits per heavy atom. The summed E-state index contributed by atoms with van der Waals surface area (Å²) >= 11 is 0. The van der Waals surface area contributed by atoms with Crippen LogP contribution in [0.2, 0.25) is 0 Å². The van der Waals surface area contributed by atoms with Gasteiger partial charge in [-0.3, -0.25) is 0 Å². The van der Waals surface area contributed by atoms with Gasteiger partial charge < -0.3 is 10.0 Å². The summed E-state index contributed by atoms with van der Waals surface area (Å²) in [4.78, 5) is 2.70. The van der Waals surface area contributed by atoms with Crippen LogP contribution in [-0.4, -0.2) is 35.2 Å².